The van der Waals surface area contributed by atoms with Crippen molar-refractivity contribution in [3.8, 4) is 0 Å². The molecule has 0 bridgehead atoms. The first-order chi connectivity index (χ1) is 10.4. The SMILES string of the molecule is COC(=O)/C=C/c1ccc(C(=O)/C=C2\CC(C)(C)CN2)cc1. The summed E-state index contributed by atoms with van der Waals surface area (Å²) in [5.74, 6) is -0.413. The lowest BCUT2D eigenvalue weighted by Gasteiger charge is -2.12. The van der Waals surface area contributed by atoms with Gasteiger partial charge < -0.3 is 10.1 Å². The molecule has 0 atom stereocenters. The fourth-order valence-corrected chi connectivity index (χ4v) is 2.33. The van der Waals surface area contributed by atoms with Crippen LogP contribution in [0.3, 0.4) is 0 Å². The molecule has 0 radical (unpaired) electrons. The van der Waals surface area contributed by atoms with E-state index in [0.29, 0.717) is 5.56 Å². The first kappa shape index (κ1) is 16.0. The van der Waals surface area contributed by atoms with E-state index in [1.807, 2.05) is 0 Å². The van der Waals surface area contributed by atoms with Crippen molar-refractivity contribution < 1.29 is 14.3 Å². The van der Waals surface area contributed by atoms with Crippen molar-refractivity contribution in [2.24, 2.45) is 5.41 Å². The lowest BCUT2D eigenvalue weighted by molar-refractivity contribution is -0.134. The number of ether oxygens (including phenoxy) is 1. The zero-order valence-corrected chi connectivity index (χ0v) is 13.2. The Morgan fingerprint density at radius 3 is 2.45 bits per heavy atom. The average molecular weight is 299 g/mol. The molecule has 0 aromatic heterocycles. The molecule has 1 aliphatic heterocycles. The lowest BCUT2D eigenvalue weighted by atomic mass is 9.92. The van der Waals surface area contributed by atoms with Gasteiger partial charge in [0, 0.05) is 30.0 Å². The van der Waals surface area contributed by atoms with Crippen molar-refractivity contribution in [3.63, 3.8) is 0 Å². The molecular formula is C18H21NO3. The molecule has 1 fully saturated rings. The molecule has 1 heterocycles. The second-order valence-electron chi connectivity index (χ2n) is 6.21. The topological polar surface area (TPSA) is 55.4 Å². The van der Waals surface area contributed by atoms with Gasteiger partial charge in [-0.05, 0) is 23.5 Å². The molecule has 22 heavy (non-hydrogen) atoms. The van der Waals surface area contributed by atoms with E-state index in [1.165, 1.54) is 13.2 Å². The van der Waals surface area contributed by atoms with E-state index in [2.05, 4.69) is 23.9 Å². The molecule has 1 aromatic carbocycles. The monoisotopic (exact) mass is 299 g/mol. The van der Waals surface area contributed by atoms with Gasteiger partial charge in [-0.1, -0.05) is 38.1 Å². The minimum Gasteiger partial charge on any atom is -0.466 e. The molecular weight excluding hydrogens is 278 g/mol. The molecule has 116 valence electrons. The van der Waals surface area contributed by atoms with Crippen LogP contribution in [-0.2, 0) is 9.53 Å². The summed E-state index contributed by atoms with van der Waals surface area (Å²) < 4.78 is 4.53. The van der Waals surface area contributed by atoms with Gasteiger partial charge in [0.2, 0.25) is 0 Å². The number of carbonyl (C=O) groups excluding carboxylic acids is 2. The molecule has 0 amide bonds. The van der Waals surface area contributed by atoms with Gasteiger partial charge >= 0.3 is 5.97 Å². The van der Waals surface area contributed by atoms with Crippen molar-refractivity contribution >= 4 is 17.8 Å². The van der Waals surface area contributed by atoms with Crippen molar-refractivity contribution in [1.29, 1.82) is 0 Å². The highest BCUT2D eigenvalue weighted by molar-refractivity contribution is 6.05. The van der Waals surface area contributed by atoms with Crippen LogP contribution in [0.25, 0.3) is 6.08 Å². The fraction of sp³-hybridized carbons (Fsp3) is 0.333. The van der Waals surface area contributed by atoms with Gasteiger partial charge in [-0.2, -0.15) is 0 Å². The normalized spacial score (nSPS) is 18.4. The summed E-state index contributed by atoms with van der Waals surface area (Å²) in [7, 11) is 1.33. The molecule has 0 spiro atoms. The first-order valence-corrected chi connectivity index (χ1v) is 7.24. The fourth-order valence-electron chi connectivity index (χ4n) is 2.33. The van der Waals surface area contributed by atoms with E-state index in [9.17, 15) is 9.59 Å². The van der Waals surface area contributed by atoms with E-state index in [1.54, 1.807) is 36.4 Å². The number of rotatable bonds is 4. The highest BCUT2D eigenvalue weighted by Crippen LogP contribution is 2.29. The molecule has 0 saturated carbocycles. The molecule has 2 rings (SSSR count). The van der Waals surface area contributed by atoms with Crippen LogP contribution in [0.5, 0.6) is 0 Å². The van der Waals surface area contributed by atoms with E-state index >= 15 is 0 Å². The number of allylic oxidation sites excluding steroid dienone is 2. The maximum atomic E-state index is 12.2. The van der Waals surface area contributed by atoms with Crippen molar-refractivity contribution in [2.45, 2.75) is 20.3 Å². The lowest BCUT2D eigenvalue weighted by Crippen LogP contribution is -2.15. The zero-order valence-electron chi connectivity index (χ0n) is 13.2. The number of hydrogen-bond donors (Lipinski definition) is 1. The van der Waals surface area contributed by atoms with Crippen LogP contribution < -0.4 is 5.32 Å². The van der Waals surface area contributed by atoms with Gasteiger partial charge in [-0.25, -0.2) is 4.79 Å². The number of ketones is 1. The average Bonchev–Trinajstić information content (AvgIpc) is 2.84. The smallest absolute Gasteiger partial charge is 0.330 e. The highest BCUT2D eigenvalue weighted by atomic mass is 16.5. The van der Waals surface area contributed by atoms with Crippen LogP contribution in [-0.4, -0.2) is 25.4 Å². The van der Waals surface area contributed by atoms with Crippen LogP contribution in [0.2, 0.25) is 0 Å². The molecule has 0 aliphatic carbocycles. The summed E-state index contributed by atoms with van der Waals surface area (Å²) in [6.07, 6.45) is 5.57. The molecule has 1 aliphatic rings. The summed E-state index contributed by atoms with van der Waals surface area (Å²) >= 11 is 0. The van der Waals surface area contributed by atoms with E-state index in [0.717, 1.165) is 24.2 Å². The van der Waals surface area contributed by atoms with Crippen LogP contribution in [0, 0.1) is 5.41 Å². The number of hydrogen-bond acceptors (Lipinski definition) is 4. The minimum absolute atomic E-state index is 0.0105. The first-order valence-electron chi connectivity index (χ1n) is 7.24. The van der Waals surface area contributed by atoms with Gasteiger partial charge in [0.1, 0.15) is 0 Å². The zero-order chi connectivity index (χ0) is 16.2. The number of methoxy groups -OCH3 is 1. The second-order valence-corrected chi connectivity index (χ2v) is 6.21. The third-order valence-electron chi connectivity index (χ3n) is 3.58. The number of benzene rings is 1. The Morgan fingerprint density at radius 1 is 1.23 bits per heavy atom. The predicted molar refractivity (Wildman–Crippen MR) is 86.3 cm³/mol. The summed E-state index contributed by atoms with van der Waals surface area (Å²) in [5, 5.41) is 3.28. The molecule has 1 aromatic rings. The van der Waals surface area contributed by atoms with E-state index in [4.69, 9.17) is 0 Å². The molecule has 4 heteroatoms. The third-order valence-corrected chi connectivity index (χ3v) is 3.58. The van der Waals surface area contributed by atoms with Crippen LogP contribution in [0.15, 0.2) is 42.1 Å². The summed E-state index contributed by atoms with van der Waals surface area (Å²) in [5.41, 5.74) is 2.67. The predicted octanol–water partition coefficient (Wildman–Crippen LogP) is 2.96. The summed E-state index contributed by atoms with van der Waals surface area (Å²) in [4.78, 5) is 23.3. The van der Waals surface area contributed by atoms with Crippen molar-refractivity contribution in [1.82, 2.24) is 5.32 Å². The Balaban J connectivity index is 2.04. The number of nitrogens with one attached hydrogen (secondary N) is 1. The van der Waals surface area contributed by atoms with Gasteiger partial charge in [-0.3, -0.25) is 4.79 Å². The molecule has 0 unspecified atom stereocenters. The Labute approximate surface area is 130 Å². The van der Waals surface area contributed by atoms with Crippen molar-refractivity contribution in [2.75, 3.05) is 13.7 Å². The summed E-state index contributed by atoms with van der Waals surface area (Å²) in [6, 6.07) is 7.13. The number of carbonyl (C=O) groups is 2. The standard InChI is InChI=1S/C18H21NO3/c1-18(2)11-15(19-12-18)10-16(20)14-7-4-13(5-8-14)6-9-17(21)22-3/h4-10,19H,11-12H2,1-3H3/b9-6+,15-10+. The summed E-state index contributed by atoms with van der Waals surface area (Å²) in [6.45, 7) is 5.24. The Bertz CT molecular complexity index is 624. The maximum Gasteiger partial charge on any atom is 0.330 e. The molecule has 1 saturated heterocycles. The van der Waals surface area contributed by atoms with E-state index in [-0.39, 0.29) is 11.2 Å². The van der Waals surface area contributed by atoms with Crippen LogP contribution >= 0.6 is 0 Å². The highest BCUT2D eigenvalue weighted by Gasteiger charge is 2.26. The molecule has 4 nitrogen and oxygen atoms in total. The largest absolute Gasteiger partial charge is 0.466 e. The van der Waals surface area contributed by atoms with Gasteiger partial charge in [0.25, 0.3) is 0 Å². The van der Waals surface area contributed by atoms with Gasteiger partial charge in [0.15, 0.2) is 5.78 Å². The van der Waals surface area contributed by atoms with Gasteiger partial charge in [-0.15, -0.1) is 0 Å². The van der Waals surface area contributed by atoms with Crippen LogP contribution in [0.1, 0.15) is 36.2 Å². The Morgan fingerprint density at radius 2 is 1.91 bits per heavy atom. The van der Waals surface area contributed by atoms with Crippen molar-refractivity contribution in [3.05, 3.63) is 53.2 Å². The van der Waals surface area contributed by atoms with Gasteiger partial charge in [0.05, 0.1) is 7.11 Å². The quantitative estimate of drug-likeness (QED) is 0.527. The maximum absolute atomic E-state index is 12.2. The Hall–Kier alpha value is -2.36. The third kappa shape index (κ3) is 4.32. The number of esters is 1. The molecule has 1 N–H and O–H groups in total. The second kappa shape index (κ2) is 6.60. The minimum atomic E-state index is -0.403. The van der Waals surface area contributed by atoms with Crippen LogP contribution in [0.4, 0.5) is 0 Å². The Kier molecular flexibility index (Phi) is 4.81. The van der Waals surface area contributed by atoms with E-state index < -0.39 is 5.97 Å².